The Morgan fingerprint density at radius 2 is 0.104 bits per heavy atom. The van der Waals surface area contributed by atoms with Gasteiger partial charge in [-0.1, -0.05) is 0 Å². The summed E-state index contributed by atoms with van der Waals surface area (Å²) in [6, 6.07) is 0. The lowest BCUT2D eigenvalue weighted by Gasteiger charge is -1.64. The lowest BCUT2D eigenvalue weighted by atomic mass is 10.4. The lowest BCUT2D eigenvalue weighted by Crippen LogP contribution is -1.57. The minimum Gasteiger partial charge on any atom is -0.358 e. The van der Waals surface area contributed by atoms with Gasteiger partial charge in [0.25, 0.3) is 0 Å². The molecule has 0 aliphatic carbocycles. The summed E-state index contributed by atoms with van der Waals surface area (Å²) < 4.78 is 0. The Balaban J connectivity index is 4.65. The molecule has 0 aromatic heterocycles. The normalized spacial score (nSPS) is 3.96. The van der Waals surface area contributed by atoms with E-state index in [1.807, 2.05) is 5.92 Å². The van der Waals surface area contributed by atoms with Crippen molar-refractivity contribution in [2.24, 2.45) is 0 Å². The molecule has 0 fully saturated rings. The Hall–Kier alpha value is -27.4. The molecular weight excluding hydrogens is 1500 g/mol. The SMILES string of the molecule is [C-]#CC#CC#CC#CC#CC#CC#CC#CC#CC#CC#CC#CC#CC#CC#CC#CC#CC#CC#CC#CC#CC#CC#CC#CC#CC#CC#CC#CC#CC#CC#CC#CC#CC#CC#CC#CC#CC#CC#CC#CC#CC#CC#CC#CC#CC#CC#CC#CC#CC#CC#CC#CC#CC#CC#CC#CC#CC#CC#CC#CC#CC#C[CH2-]. The molecule has 0 bridgehead atoms. The molecule has 0 spiro atoms. The standard InChI is InChI=1S/C125H2/c1-3-5-7-9-11-13-15-17-19-21-23-25-27-29-31-33-35-37-39-41-43-45-47-49-51-53-55-57-59-61-63-65-67-69-71-73-75-77-79-81-83-85-87-89-91-93-95-97-99-101-103-105-107-109-111-113-115-117-119-121-123-125-124-122-120-118-116-114-112-110-108-106-104-102-100-98-96-94-92-90-88-86-84-82-80-78-76-74-72-70-68-66-64-62-60-58-56-54-52-50-48-46-44-42-40-38-36-34-32-30-28-26-24-22-20-18-16-14-12-10-8-6-4-2/h1H2/q-2. The zero-order chi connectivity index (χ0) is 89.0. The van der Waals surface area contributed by atoms with Crippen molar-refractivity contribution in [2.45, 2.75) is 0 Å². The van der Waals surface area contributed by atoms with Gasteiger partial charge in [-0.2, -0.15) is 6.92 Å². The van der Waals surface area contributed by atoms with E-state index in [2.05, 4.69) is 729 Å². The molecule has 0 nitrogen and oxygen atoms in total. The van der Waals surface area contributed by atoms with E-state index in [4.69, 9.17) is 6.42 Å². The molecule has 0 saturated carbocycles. The van der Waals surface area contributed by atoms with E-state index < -0.39 is 0 Å². The fourth-order valence-electron chi connectivity index (χ4n) is 3.79. The monoisotopic (exact) mass is 1500 g/mol. The van der Waals surface area contributed by atoms with Crippen molar-refractivity contribution in [3.63, 3.8) is 0 Å². The van der Waals surface area contributed by atoms with Crippen molar-refractivity contribution in [1.82, 2.24) is 0 Å². The van der Waals surface area contributed by atoms with Gasteiger partial charge >= 0.3 is 0 Å². The van der Waals surface area contributed by atoms with E-state index >= 15 is 0 Å². The average Bonchev–Trinajstić information content (AvgIpc) is 1.66. The second kappa shape index (κ2) is 96.6. The zero-order valence-electron chi connectivity index (χ0n) is 62.7. The van der Waals surface area contributed by atoms with Crippen molar-refractivity contribution >= 4 is 0 Å². The van der Waals surface area contributed by atoms with E-state index in [1.165, 1.54) is 0 Å². The van der Waals surface area contributed by atoms with Gasteiger partial charge in [0.2, 0.25) is 0 Å². The molecule has 0 heteroatoms. The first-order valence-electron chi connectivity index (χ1n) is 31.1. The molecule has 0 amide bonds. The first-order chi connectivity index (χ1) is 62.4. The predicted molar refractivity (Wildman–Crippen MR) is 487 cm³/mol. The van der Waals surface area contributed by atoms with Crippen LogP contribution in [0.25, 0.3) is 0 Å². The molecule has 0 heterocycles. The first kappa shape index (κ1) is 97.6. The molecule has 0 radical (unpaired) electrons. The van der Waals surface area contributed by atoms with Crippen LogP contribution >= 0.6 is 0 Å². The maximum atomic E-state index is 6.59. The molecular formula is C125H2-2. The van der Waals surface area contributed by atoms with E-state index in [9.17, 15) is 0 Å². The summed E-state index contributed by atoms with van der Waals surface area (Å²) in [5, 5.41) is 0. The van der Waals surface area contributed by atoms with Gasteiger partial charge in [0.15, 0.2) is 0 Å². The molecule has 0 N–H and O–H groups in total. The quantitative estimate of drug-likeness (QED) is 0.247. The summed E-state index contributed by atoms with van der Waals surface area (Å²) in [6.07, 6.45) is 6.59. The number of hydrogen-bond acceptors (Lipinski definition) is 0. The smallest absolute Gasteiger partial charge is 0 e. The van der Waals surface area contributed by atoms with Gasteiger partial charge in [0.1, 0.15) is 0 Å². The van der Waals surface area contributed by atoms with Gasteiger partial charge < -0.3 is 6.42 Å². The Kier molecular flexibility index (Phi) is 75.4. The van der Waals surface area contributed by atoms with Crippen LogP contribution in [0.15, 0.2) is 0 Å². The third kappa shape index (κ3) is 96.6. The highest BCUT2D eigenvalue weighted by molar-refractivity contribution is 5.58. The van der Waals surface area contributed by atoms with Gasteiger partial charge in [0, 0.05) is 598 Å². The first-order valence-corrected chi connectivity index (χ1v) is 31.1. The van der Waals surface area contributed by atoms with Crippen LogP contribution in [0, 0.1) is 742 Å². The fraction of sp³-hybridized carbons (Fsp3) is 0. The van der Waals surface area contributed by atoms with Crippen molar-refractivity contribution in [3.05, 3.63) is 13.3 Å². The number of hydrogen-bond donors (Lipinski definition) is 0. The summed E-state index contributed by atoms with van der Waals surface area (Å²) in [6.45, 7) is 3.32. The van der Waals surface area contributed by atoms with Crippen LogP contribution in [0.2, 0.25) is 0 Å². The highest BCUT2D eigenvalue weighted by Crippen LogP contribution is 1.70. The maximum absolute atomic E-state index is 6.59. The Bertz CT molecular complexity index is 8750. The minimum absolute atomic E-state index is 1.87. The van der Waals surface area contributed by atoms with Gasteiger partial charge in [-0.3, -0.25) is 11.8 Å². The molecule has 504 valence electrons. The fourth-order valence-corrected chi connectivity index (χ4v) is 3.79. The van der Waals surface area contributed by atoms with Gasteiger partial charge in [-0.25, -0.2) is 11.8 Å². The third-order valence-electron chi connectivity index (χ3n) is 7.65. The van der Waals surface area contributed by atoms with E-state index in [0.717, 1.165) is 0 Å². The van der Waals surface area contributed by atoms with Crippen LogP contribution in [-0.4, -0.2) is 0 Å². The minimum atomic E-state index is 1.87. The molecule has 0 aromatic rings. The second-order valence-corrected chi connectivity index (χ2v) is 15.4. The summed E-state index contributed by atoms with van der Waals surface area (Å²) in [5.74, 6) is 306. The van der Waals surface area contributed by atoms with E-state index in [1.54, 1.807) is 0 Å². The molecule has 0 aliphatic heterocycles. The van der Waals surface area contributed by atoms with Crippen LogP contribution in [-0.2, 0) is 0 Å². The summed E-state index contributed by atoms with van der Waals surface area (Å²) in [5.41, 5.74) is 0. The van der Waals surface area contributed by atoms with Crippen LogP contribution < -0.4 is 0 Å². The topological polar surface area (TPSA) is 0 Å². The van der Waals surface area contributed by atoms with Gasteiger partial charge in [-0.15, -0.1) is 11.8 Å². The van der Waals surface area contributed by atoms with Crippen LogP contribution in [0.3, 0.4) is 0 Å². The molecule has 0 aliphatic rings. The molecule has 0 rings (SSSR count). The molecule has 0 saturated heterocycles. The lowest BCUT2D eigenvalue weighted by molar-refractivity contribution is 2.31. The van der Waals surface area contributed by atoms with Crippen LogP contribution in [0.5, 0.6) is 0 Å². The predicted octanol–water partition coefficient (Wildman–Crippen LogP) is 0.618. The van der Waals surface area contributed by atoms with Gasteiger partial charge in [0.05, 0.1) is 0 Å². The number of rotatable bonds is 0. The molecule has 0 unspecified atom stereocenters. The zero-order valence-corrected chi connectivity index (χ0v) is 62.7. The second-order valence-electron chi connectivity index (χ2n) is 15.4. The maximum Gasteiger partial charge on any atom is 0 e. The van der Waals surface area contributed by atoms with Gasteiger partial charge in [-0.05, 0) is 94.7 Å². The largest absolute Gasteiger partial charge is 0.358 e. The van der Waals surface area contributed by atoms with Crippen molar-refractivity contribution in [2.75, 3.05) is 0 Å². The van der Waals surface area contributed by atoms with Crippen LogP contribution in [0.4, 0.5) is 0 Å². The molecule has 0 atom stereocenters. The summed E-state index contributed by atoms with van der Waals surface area (Å²) in [4.78, 5) is 0. The van der Waals surface area contributed by atoms with Crippen LogP contribution in [0.1, 0.15) is 0 Å². The van der Waals surface area contributed by atoms with Crippen molar-refractivity contribution in [1.29, 1.82) is 0 Å². The third-order valence-corrected chi connectivity index (χ3v) is 7.65. The highest BCUT2D eigenvalue weighted by atomic mass is 13.7. The molecule has 0 aromatic carbocycles. The highest BCUT2D eigenvalue weighted by Gasteiger charge is 1.69. The summed E-state index contributed by atoms with van der Waals surface area (Å²) >= 11 is 0. The van der Waals surface area contributed by atoms with E-state index in [-0.39, 0.29) is 0 Å². The summed E-state index contributed by atoms with van der Waals surface area (Å²) in [7, 11) is 0. The Labute approximate surface area is 736 Å². The van der Waals surface area contributed by atoms with E-state index in [0.29, 0.717) is 0 Å². The Morgan fingerprint density at radius 3 is 0.144 bits per heavy atom. The Morgan fingerprint density at radius 1 is 0.0640 bits per heavy atom. The molecule has 125 heavy (non-hydrogen) atoms. The average molecular weight is 1500 g/mol. The van der Waals surface area contributed by atoms with Crippen molar-refractivity contribution in [3.8, 4) is 728 Å². The van der Waals surface area contributed by atoms with Crippen molar-refractivity contribution < 1.29 is 0 Å².